The number of ether oxygens (including phenoxy) is 1. The number of carbonyl (C=O) groups excluding carboxylic acids is 1. The summed E-state index contributed by atoms with van der Waals surface area (Å²) in [6, 6.07) is 0. The van der Waals surface area contributed by atoms with Crippen LogP contribution in [0.15, 0.2) is 11.6 Å². The second kappa shape index (κ2) is 4.91. The Labute approximate surface area is 73.4 Å². The summed E-state index contributed by atoms with van der Waals surface area (Å²) < 4.78 is 4.31. The van der Waals surface area contributed by atoms with E-state index in [4.69, 9.17) is 10.2 Å². The molecular formula is C7H8O6. The summed E-state index contributed by atoms with van der Waals surface area (Å²) in [5, 5.41) is 16.6. The Morgan fingerprint density at radius 3 is 2.15 bits per heavy atom. The van der Waals surface area contributed by atoms with E-state index in [1.165, 1.54) is 6.92 Å². The standard InChI is InChI=1S/C7H8O6/c1-2-13-7(12)4(6(10)11)3-5(8)9/h3H,2H2,1H3,(H,8,9)(H,10,11)/b4-3+. The Bertz CT molecular complexity index is 264. The van der Waals surface area contributed by atoms with Crippen LogP contribution in [0.2, 0.25) is 0 Å². The topological polar surface area (TPSA) is 101 Å². The summed E-state index contributed by atoms with van der Waals surface area (Å²) in [4.78, 5) is 31.2. The molecular weight excluding hydrogens is 180 g/mol. The molecule has 0 unspecified atom stereocenters. The molecule has 0 aliphatic heterocycles. The Hall–Kier alpha value is -1.85. The molecule has 0 aliphatic carbocycles. The molecule has 0 aromatic rings. The van der Waals surface area contributed by atoms with Crippen LogP contribution in [0.3, 0.4) is 0 Å². The van der Waals surface area contributed by atoms with Gasteiger partial charge in [0.05, 0.1) is 6.61 Å². The number of hydrogen-bond acceptors (Lipinski definition) is 4. The van der Waals surface area contributed by atoms with Gasteiger partial charge in [-0.3, -0.25) is 0 Å². The fourth-order valence-corrected chi connectivity index (χ4v) is 0.540. The zero-order chi connectivity index (χ0) is 10.4. The summed E-state index contributed by atoms with van der Waals surface area (Å²) >= 11 is 0. The molecule has 6 heteroatoms. The molecule has 0 aliphatic rings. The molecule has 0 radical (unpaired) electrons. The average Bonchev–Trinajstić information content (AvgIpc) is 1.99. The van der Waals surface area contributed by atoms with E-state index in [2.05, 4.69) is 4.74 Å². The summed E-state index contributed by atoms with van der Waals surface area (Å²) in [6.45, 7) is 1.47. The Balaban J connectivity index is 4.71. The molecule has 0 heterocycles. The first-order valence-corrected chi connectivity index (χ1v) is 3.34. The van der Waals surface area contributed by atoms with E-state index in [9.17, 15) is 14.4 Å². The number of carboxylic acids is 2. The Kier molecular flexibility index (Phi) is 4.21. The number of carbonyl (C=O) groups is 3. The van der Waals surface area contributed by atoms with Crippen molar-refractivity contribution in [3.05, 3.63) is 11.6 Å². The molecule has 13 heavy (non-hydrogen) atoms. The van der Waals surface area contributed by atoms with Gasteiger partial charge in [0.2, 0.25) is 0 Å². The highest BCUT2D eigenvalue weighted by molar-refractivity contribution is 6.16. The summed E-state index contributed by atoms with van der Waals surface area (Å²) in [7, 11) is 0. The molecule has 0 spiro atoms. The maximum absolute atomic E-state index is 10.8. The van der Waals surface area contributed by atoms with Crippen LogP contribution in [-0.4, -0.2) is 34.7 Å². The van der Waals surface area contributed by atoms with Crippen molar-refractivity contribution in [3.8, 4) is 0 Å². The SMILES string of the molecule is CCOC(=O)/C(=C/C(=O)O)C(=O)O. The third kappa shape index (κ3) is 3.90. The number of hydrogen-bond donors (Lipinski definition) is 2. The van der Waals surface area contributed by atoms with Gasteiger partial charge >= 0.3 is 17.9 Å². The van der Waals surface area contributed by atoms with Gasteiger partial charge in [-0.05, 0) is 6.92 Å². The normalized spacial score (nSPS) is 10.7. The molecule has 0 atom stereocenters. The summed E-state index contributed by atoms with van der Waals surface area (Å²) in [5.74, 6) is -4.29. The van der Waals surface area contributed by atoms with Crippen molar-refractivity contribution < 1.29 is 29.3 Å². The monoisotopic (exact) mass is 188 g/mol. The molecule has 0 aromatic heterocycles. The fraction of sp³-hybridized carbons (Fsp3) is 0.286. The predicted molar refractivity (Wildman–Crippen MR) is 40.0 cm³/mol. The second-order valence-electron chi connectivity index (χ2n) is 1.92. The van der Waals surface area contributed by atoms with Gasteiger partial charge in [0.25, 0.3) is 0 Å². The quantitative estimate of drug-likeness (QED) is 0.270. The van der Waals surface area contributed by atoms with Gasteiger partial charge in [-0.25, -0.2) is 14.4 Å². The van der Waals surface area contributed by atoms with Crippen LogP contribution in [0.1, 0.15) is 6.92 Å². The molecule has 2 N–H and O–H groups in total. The maximum Gasteiger partial charge on any atom is 0.345 e. The molecule has 0 bridgehead atoms. The van der Waals surface area contributed by atoms with Gasteiger partial charge in [-0.1, -0.05) is 0 Å². The van der Waals surface area contributed by atoms with Gasteiger partial charge < -0.3 is 14.9 Å². The van der Waals surface area contributed by atoms with E-state index in [1.807, 2.05) is 0 Å². The highest BCUT2D eigenvalue weighted by Crippen LogP contribution is 1.98. The van der Waals surface area contributed by atoms with Crippen molar-refractivity contribution in [2.45, 2.75) is 6.92 Å². The van der Waals surface area contributed by atoms with Crippen molar-refractivity contribution in [3.63, 3.8) is 0 Å². The number of rotatable bonds is 4. The van der Waals surface area contributed by atoms with E-state index < -0.39 is 23.5 Å². The van der Waals surface area contributed by atoms with E-state index in [0.717, 1.165) is 0 Å². The summed E-state index contributed by atoms with van der Waals surface area (Å²) in [6.07, 6.45) is 0.292. The molecule has 6 nitrogen and oxygen atoms in total. The molecule has 72 valence electrons. The minimum atomic E-state index is -1.62. The van der Waals surface area contributed by atoms with Crippen LogP contribution in [0.25, 0.3) is 0 Å². The lowest BCUT2D eigenvalue weighted by Gasteiger charge is -2.00. The first kappa shape index (κ1) is 11.2. The van der Waals surface area contributed by atoms with Crippen molar-refractivity contribution in [2.24, 2.45) is 0 Å². The van der Waals surface area contributed by atoms with Gasteiger partial charge in [0.1, 0.15) is 0 Å². The lowest BCUT2D eigenvalue weighted by molar-refractivity contribution is -0.145. The molecule has 0 rings (SSSR count). The van der Waals surface area contributed by atoms with Gasteiger partial charge in [-0.2, -0.15) is 0 Å². The van der Waals surface area contributed by atoms with Crippen molar-refractivity contribution in [2.75, 3.05) is 6.61 Å². The molecule has 0 amide bonds. The van der Waals surface area contributed by atoms with Gasteiger partial charge in [0.15, 0.2) is 5.57 Å². The number of aliphatic carboxylic acids is 2. The lowest BCUT2D eigenvalue weighted by Crippen LogP contribution is -2.16. The molecule has 0 aromatic carbocycles. The minimum absolute atomic E-state index is 0.0108. The van der Waals surface area contributed by atoms with Crippen molar-refractivity contribution >= 4 is 17.9 Å². The first-order valence-electron chi connectivity index (χ1n) is 3.34. The zero-order valence-corrected chi connectivity index (χ0v) is 6.81. The van der Waals surface area contributed by atoms with Gasteiger partial charge in [0, 0.05) is 6.08 Å². The smallest absolute Gasteiger partial charge is 0.345 e. The van der Waals surface area contributed by atoms with Crippen LogP contribution < -0.4 is 0 Å². The third-order valence-electron chi connectivity index (χ3n) is 0.994. The van der Waals surface area contributed by atoms with E-state index >= 15 is 0 Å². The van der Waals surface area contributed by atoms with Crippen LogP contribution in [0.5, 0.6) is 0 Å². The fourth-order valence-electron chi connectivity index (χ4n) is 0.540. The zero-order valence-electron chi connectivity index (χ0n) is 6.81. The van der Waals surface area contributed by atoms with E-state index in [0.29, 0.717) is 6.08 Å². The predicted octanol–water partition coefficient (Wildman–Crippen LogP) is -0.355. The minimum Gasteiger partial charge on any atom is -0.478 e. The molecule has 0 fully saturated rings. The van der Waals surface area contributed by atoms with Crippen molar-refractivity contribution in [1.82, 2.24) is 0 Å². The van der Waals surface area contributed by atoms with Gasteiger partial charge in [-0.15, -0.1) is 0 Å². The third-order valence-corrected chi connectivity index (χ3v) is 0.994. The highest BCUT2D eigenvalue weighted by Gasteiger charge is 2.19. The largest absolute Gasteiger partial charge is 0.478 e. The van der Waals surface area contributed by atoms with Crippen LogP contribution >= 0.6 is 0 Å². The highest BCUT2D eigenvalue weighted by atomic mass is 16.5. The second-order valence-corrected chi connectivity index (χ2v) is 1.92. The summed E-state index contributed by atoms with van der Waals surface area (Å²) in [5.41, 5.74) is -0.894. The molecule has 0 saturated carbocycles. The first-order chi connectivity index (χ1) is 5.99. The van der Waals surface area contributed by atoms with Crippen LogP contribution in [0.4, 0.5) is 0 Å². The average molecular weight is 188 g/mol. The number of carboxylic acid groups (broad SMARTS) is 2. The molecule has 0 saturated heterocycles. The van der Waals surface area contributed by atoms with Crippen molar-refractivity contribution in [1.29, 1.82) is 0 Å². The Morgan fingerprint density at radius 1 is 1.31 bits per heavy atom. The van der Waals surface area contributed by atoms with Crippen LogP contribution in [0, 0.1) is 0 Å². The lowest BCUT2D eigenvalue weighted by atomic mass is 10.2. The maximum atomic E-state index is 10.8. The van der Waals surface area contributed by atoms with Crippen LogP contribution in [-0.2, 0) is 19.1 Å². The number of esters is 1. The Morgan fingerprint density at radius 2 is 1.85 bits per heavy atom. The van der Waals surface area contributed by atoms with E-state index in [1.54, 1.807) is 0 Å². The van der Waals surface area contributed by atoms with E-state index in [-0.39, 0.29) is 6.61 Å².